The van der Waals surface area contributed by atoms with Gasteiger partial charge < -0.3 is 9.47 Å². The zero-order valence-electron chi connectivity index (χ0n) is 15.6. The highest BCUT2D eigenvalue weighted by molar-refractivity contribution is 9.10. The number of rotatable bonds is 8. The largest absolute Gasteiger partial charge is 0.494 e. The van der Waals surface area contributed by atoms with Gasteiger partial charge in [0, 0.05) is 17.1 Å². The summed E-state index contributed by atoms with van der Waals surface area (Å²) in [6.45, 7) is -0.661. The quantitative estimate of drug-likeness (QED) is 0.319. The van der Waals surface area contributed by atoms with Crippen molar-refractivity contribution in [2.24, 2.45) is 0 Å². The van der Waals surface area contributed by atoms with E-state index in [-0.39, 0.29) is 26.2 Å². The molecular weight excluding hydrogens is 473 g/mol. The van der Waals surface area contributed by atoms with Crippen molar-refractivity contribution < 1.29 is 36.7 Å². The van der Waals surface area contributed by atoms with Gasteiger partial charge in [0.15, 0.2) is 24.0 Å². The van der Waals surface area contributed by atoms with Crippen LogP contribution < -0.4 is 4.74 Å². The van der Waals surface area contributed by atoms with Crippen molar-refractivity contribution in [1.29, 1.82) is 0 Å². The second-order valence-electron chi connectivity index (χ2n) is 5.59. The average molecular weight is 490 g/mol. The Labute approximate surface area is 175 Å². The van der Waals surface area contributed by atoms with E-state index >= 15 is 0 Å². The molecule has 2 rings (SSSR count). The maximum Gasteiger partial charge on any atom is 0.339 e. The number of methoxy groups -OCH3 is 1. The Kier molecular flexibility index (Phi) is 7.47. The number of hydrogen-bond donors (Lipinski definition) is 0. The Morgan fingerprint density at radius 2 is 1.83 bits per heavy atom. The number of ketones is 1. The molecule has 0 amide bonds. The lowest BCUT2D eigenvalue weighted by atomic mass is 10.1. The van der Waals surface area contributed by atoms with Gasteiger partial charge in [-0.15, -0.1) is 0 Å². The number of carbonyl (C=O) groups is 2. The standard InChI is InChI=1S/C18H17BrFNO7S/c1-21(27-3)29(24,25)12-5-6-14(19)13(9-12)18(23)28-10-16(22)11-4-7-17(26-2)15(20)8-11/h4-9H,10H2,1-3H3. The highest BCUT2D eigenvalue weighted by Gasteiger charge is 2.24. The molecule has 0 aromatic heterocycles. The number of sulfonamides is 1. The number of ether oxygens (including phenoxy) is 2. The molecule has 0 N–H and O–H groups in total. The first kappa shape index (κ1) is 22.9. The molecule has 0 saturated carbocycles. The van der Waals surface area contributed by atoms with Crippen LogP contribution in [0.25, 0.3) is 0 Å². The number of nitrogens with zero attached hydrogens (tertiary/aromatic N) is 1. The summed E-state index contributed by atoms with van der Waals surface area (Å²) in [4.78, 5) is 29.0. The van der Waals surface area contributed by atoms with Gasteiger partial charge in [-0.2, -0.15) is 0 Å². The Balaban J connectivity index is 2.18. The molecule has 8 nitrogen and oxygen atoms in total. The summed E-state index contributed by atoms with van der Waals surface area (Å²) < 4.78 is 49.0. The van der Waals surface area contributed by atoms with Crippen LogP contribution in [0, 0.1) is 5.82 Å². The van der Waals surface area contributed by atoms with Crippen molar-refractivity contribution in [3.05, 3.63) is 57.8 Å². The first-order valence-electron chi connectivity index (χ1n) is 7.98. The van der Waals surface area contributed by atoms with Crippen molar-refractivity contribution in [2.45, 2.75) is 4.90 Å². The van der Waals surface area contributed by atoms with Crippen LogP contribution in [-0.4, -0.2) is 52.5 Å². The SMILES string of the molecule is COc1ccc(C(=O)COC(=O)c2cc(S(=O)(=O)N(C)OC)ccc2Br)cc1F. The predicted molar refractivity (Wildman–Crippen MR) is 104 cm³/mol. The molecule has 0 aliphatic rings. The van der Waals surface area contributed by atoms with Crippen LogP contribution in [0.4, 0.5) is 4.39 Å². The number of carbonyl (C=O) groups excluding carboxylic acids is 2. The van der Waals surface area contributed by atoms with Crippen LogP contribution in [0.3, 0.4) is 0 Å². The van der Waals surface area contributed by atoms with Gasteiger partial charge in [0.25, 0.3) is 10.0 Å². The van der Waals surface area contributed by atoms with E-state index in [1.165, 1.54) is 45.5 Å². The van der Waals surface area contributed by atoms with E-state index in [1.807, 2.05) is 0 Å². The fraction of sp³-hybridized carbons (Fsp3) is 0.222. The van der Waals surface area contributed by atoms with Gasteiger partial charge in [0.05, 0.1) is 24.7 Å². The van der Waals surface area contributed by atoms with E-state index in [2.05, 4.69) is 20.8 Å². The van der Waals surface area contributed by atoms with Crippen molar-refractivity contribution in [2.75, 3.05) is 27.9 Å². The average Bonchev–Trinajstić information content (AvgIpc) is 2.71. The van der Waals surface area contributed by atoms with Crippen molar-refractivity contribution in [3.8, 4) is 5.75 Å². The number of Topliss-reactive ketones (excluding diaryl/α,β-unsaturated/α-hetero) is 1. The first-order chi connectivity index (χ1) is 13.6. The molecule has 2 aromatic rings. The topological polar surface area (TPSA) is 99.2 Å². The van der Waals surface area contributed by atoms with Crippen molar-refractivity contribution in [1.82, 2.24) is 4.47 Å². The highest BCUT2D eigenvalue weighted by Crippen LogP contribution is 2.24. The van der Waals surface area contributed by atoms with Crippen molar-refractivity contribution >= 4 is 37.7 Å². The van der Waals surface area contributed by atoms with Crippen LogP contribution in [0.15, 0.2) is 45.8 Å². The van der Waals surface area contributed by atoms with E-state index in [1.54, 1.807) is 0 Å². The lowest BCUT2D eigenvalue weighted by molar-refractivity contribution is -0.0258. The van der Waals surface area contributed by atoms with Crippen LogP contribution in [-0.2, 0) is 19.6 Å². The summed E-state index contributed by atoms with van der Waals surface area (Å²) in [7, 11) is -0.319. The number of benzene rings is 2. The molecule has 0 spiro atoms. The summed E-state index contributed by atoms with van der Waals surface area (Å²) in [5.41, 5.74) is -0.113. The van der Waals surface area contributed by atoms with E-state index < -0.39 is 34.2 Å². The van der Waals surface area contributed by atoms with E-state index in [4.69, 9.17) is 9.47 Å². The summed E-state index contributed by atoms with van der Waals surface area (Å²) in [5.74, 6) is -2.33. The molecule has 11 heteroatoms. The lowest BCUT2D eigenvalue weighted by Crippen LogP contribution is -2.26. The minimum absolute atomic E-state index is 0.00628. The molecular formula is C18H17BrFNO7S. The Bertz CT molecular complexity index is 1040. The van der Waals surface area contributed by atoms with Crippen LogP contribution in [0.2, 0.25) is 0 Å². The third-order valence-corrected chi connectivity index (χ3v) is 6.23. The van der Waals surface area contributed by atoms with E-state index in [0.717, 1.165) is 12.1 Å². The molecule has 0 fully saturated rings. The second kappa shape index (κ2) is 9.44. The van der Waals surface area contributed by atoms with Gasteiger partial charge in [-0.3, -0.25) is 9.63 Å². The molecule has 0 unspecified atom stereocenters. The minimum atomic E-state index is -3.99. The molecule has 0 aliphatic heterocycles. The van der Waals surface area contributed by atoms with Gasteiger partial charge in [-0.1, -0.05) is 4.47 Å². The molecule has 0 radical (unpaired) electrons. The fourth-order valence-electron chi connectivity index (χ4n) is 2.20. The fourth-order valence-corrected chi connectivity index (χ4v) is 3.61. The molecule has 0 atom stereocenters. The van der Waals surface area contributed by atoms with Gasteiger partial charge in [-0.05, 0) is 52.3 Å². The minimum Gasteiger partial charge on any atom is -0.494 e. The highest BCUT2D eigenvalue weighted by atomic mass is 79.9. The Morgan fingerprint density at radius 1 is 1.14 bits per heavy atom. The zero-order valence-corrected chi connectivity index (χ0v) is 18.0. The number of esters is 1. The smallest absolute Gasteiger partial charge is 0.339 e. The Hall–Kier alpha value is -2.34. The number of hydrogen-bond acceptors (Lipinski definition) is 7. The molecule has 0 aliphatic carbocycles. The monoisotopic (exact) mass is 489 g/mol. The normalized spacial score (nSPS) is 11.4. The summed E-state index contributed by atoms with van der Waals surface area (Å²) in [6.07, 6.45) is 0. The number of hydroxylamine groups is 1. The molecule has 2 aromatic carbocycles. The molecule has 156 valence electrons. The zero-order chi connectivity index (χ0) is 21.8. The summed E-state index contributed by atoms with van der Waals surface area (Å²) >= 11 is 3.14. The maximum absolute atomic E-state index is 13.7. The van der Waals surface area contributed by atoms with Gasteiger partial charge in [-0.25, -0.2) is 17.6 Å². The third kappa shape index (κ3) is 5.18. The molecule has 0 saturated heterocycles. The Morgan fingerprint density at radius 3 is 2.41 bits per heavy atom. The maximum atomic E-state index is 13.7. The third-order valence-electron chi connectivity index (χ3n) is 3.86. The van der Waals surface area contributed by atoms with Crippen LogP contribution in [0.1, 0.15) is 20.7 Å². The second-order valence-corrected chi connectivity index (χ2v) is 8.38. The number of halogens is 2. The van der Waals surface area contributed by atoms with Crippen LogP contribution in [0.5, 0.6) is 5.75 Å². The van der Waals surface area contributed by atoms with Gasteiger partial charge in [0.2, 0.25) is 0 Å². The van der Waals surface area contributed by atoms with Gasteiger partial charge in [0.1, 0.15) is 0 Å². The molecule has 0 heterocycles. The summed E-state index contributed by atoms with van der Waals surface area (Å²) in [6, 6.07) is 7.31. The van der Waals surface area contributed by atoms with Crippen molar-refractivity contribution in [3.63, 3.8) is 0 Å². The van der Waals surface area contributed by atoms with E-state index in [0.29, 0.717) is 4.47 Å². The van der Waals surface area contributed by atoms with Crippen LogP contribution >= 0.6 is 15.9 Å². The van der Waals surface area contributed by atoms with E-state index in [9.17, 15) is 22.4 Å². The predicted octanol–water partition coefficient (Wildman–Crippen LogP) is 2.82. The lowest BCUT2D eigenvalue weighted by Gasteiger charge is -2.15. The van der Waals surface area contributed by atoms with Gasteiger partial charge >= 0.3 is 5.97 Å². The molecule has 29 heavy (non-hydrogen) atoms. The first-order valence-corrected chi connectivity index (χ1v) is 10.2. The molecule has 0 bridgehead atoms. The summed E-state index contributed by atoms with van der Waals surface area (Å²) in [5, 5.41) is 0.